The Kier molecular flexibility index (Phi) is 5.37. The van der Waals surface area contributed by atoms with Crippen LogP contribution in [0.2, 0.25) is 0 Å². The molecule has 2 aromatic heterocycles. The molecular formula is C19H21N5OS. The predicted molar refractivity (Wildman–Crippen MR) is 104 cm³/mol. The highest BCUT2D eigenvalue weighted by atomic mass is 32.2. The number of nitrogens with one attached hydrogen (secondary N) is 1. The molecule has 0 fully saturated rings. The monoisotopic (exact) mass is 367 g/mol. The van der Waals surface area contributed by atoms with E-state index in [1.807, 2.05) is 64.1 Å². The Labute approximate surface area is 157 Å². The van der Waals surface area contributed by atoms with Gasteiger partial charge in [0.2, 0.25) is 5.91 Å². The molecule has 0 unspecified atom stereocenters. The molecule has 134 valence electrons. The zero-order chi connectivity index (χ0) is 18.7. The third-order valence-electron chi connectivity index (χ3n) is 4.08. The molecule has 0 spiro atoms. The van der Waals surface area contributed by atoms with Crippen molar-refractivity contribution in [2.75, 3.05) is 11.1 Å². The molecule has 3 rings (SSSR count). The van der Waals surface area contributed by atoms with Gasteiger partial charge in [-0.25, -0.2) is 4.68 Å². The molecule has 0 atom stereocenters. The van der Waals surface area contributed by atoms with E-state index in [0.29, 0.717) is 10.8 Å². The van der Waals surface area contributed by atoms with Gasteiger partial charge in [-0.15, -0.1) is 10.2 Å². The molecule has 0 saturated carbocycles. The van der Waals surface area contributed by atoms with Crippen molar-refractivity contribution < 1.29 is 4.79 Å². The SMILES string of the molecule is Cc1cc(C)n(-c2ccc(SCC(=O)Nc3cccc(C)c3C)nn2)n1. The summed E-state index contributed by atoms with van der Waals surface area (Å²) in [4.78, 5) is 12.2. The number of nitrogens with zero attached hydrogens (tertiary/aromatic N) is 4. The van der Waals surface area contributed by atoms with E-state index in [-0.39, 0.29) is 11.7 Å². The first-order valence-electron chi connectivity index (χ1n) is 8.30. The molecule has 7 heteroatoms. The molecule has 1 N–H and O–H groups in total. The fraction of sp³-hybridized carbons (Fsp3) is 0.263. The van der Waals surface area contributed by atoms with Gasteiger partial charge in [-0.1, -0.05) is 23.9 Å². The fourth-order valence-electron chi connectivity index (χ4n) is 2.58. The standard InChI is InChI=1S/C19H21N5OS/c1-12-6-5-7-16(15(12)4)20-18(25)11-26-19-9-8-17(21-22-19)24-14(3)10-13(2)23-24/h5-10H,11H2,1-4H3,(H,20,25). The van der Waals surface area contributed by atoms with Crippen molar-refractivity contribution in [3.8, 4) is 5.82 Å². The van der Waals surface area contributed by atoms with Crippen LogP contribution in [0.4, 0.5) is 5.69 Å². The number of hydrogen-bond donors (Lipinski definition) is 1. The second-order valence-corrected chi connectivity index (χ2v) is 7.15. The van der Waals surface area contributed by atoms with Gasteiger partial charge in [0.25, 0.3) is 0 Å². The van der Waals surface area contributed by atoms with Gasteiger partial charge in [-0.3, -0.25) is 4.79 Å². The third-order valence-corrected chi connectivity index (χ3v) is 5.00. The number of hydrogen-bond acceptors (Lipinski definition) is 5. The summed E-state index contributed by atoms with van der Waals surface area (Å²) in [5, 5.41) is 16.4. The van der Waals surface area contributed by atoms with Gasteiger partial charge in [0.1, 0.15) is 5.03 Å². The summed E-state index contributed by atoms with van der Waals surface area (Å²) in [5.41, 5.74) is 5.03. The molecule has 1 aromatic carbocycles. The lowest BCUT2D eigenvalue weighted by atomic mass is 10.1. The van der Waals surface area contributed by atoms with Gasteiger partial charge < -0.3 is 5.32 Å². The molecule has 3 aromatic rings. The smallest absolute Gasteiger partial charge is 0.234 e. The number of anilines is 1. The molecule has 26 heavy (non-hydrogen) atoms. The summed E-state index contributed by atoms with van der Waals surface area (Å²) in [5.74, 6) is 0.884. The molecule has 6 nitrogen and oxygen atoms in total. The van der Waals surface area contributed by atoms with Gasteiger partial charge in [-0.05, 0) is 63.1 Å². The molecule has 0 radical (unpaired) electrons. The third kappa shape index (κ3) is 4.11. The largest absolute Gasteiger partial charge is 0.325 e. The minimum Gasteiger partial charge on any atom is -0.325 e. The number of amides is 1. The average molecular weight is 367 g/mol. The van der Waals surface area contributed by atoms with Crippen molar-refractivity contribution in [2.45, 2.75) is 32.7 Å². The van der Waals surface area contributed by atoms with Gasteiger partial charge in [0, 0.05) is 11.4 Å². The maximum absolute atomic E-state index is 12.2. The maximum Gasteiger partial charge on any atom is 0.234 e. The van der Waals surface area contributed by atoms with Crippen LogP contribution >= 0.6 is 11.8 Å². The van der Waals surface area contributed by atoms with Crippen LogP contribution in [-0.4, -0.2) is 31.6 Å². The Morgan fingerprint density at radius 1 is 1.12 bits per heavy atom. The van der Waals surface area contributed by atoms with Gasteiger partial charge >= 0.3 is 0 Å². The second kappa shape index (κ2) is 7.70. The molecule has 1 amide bonds. The summed E-state index contributed by atoms with van der Waals surface area (Å²) in [6, 6.07) is 11.6. The summed E-state index contributed by atoms with van der Waals surface area (Å²) in [6.07, 6.45) is 0. The van der Waals surface area contributed by atoms with Crippen LogP contribution in [0.5, 0.6) is 0 Å². The van der Waals surface area contributed by atoms with Crippen LogP contribution in [0, 0.1) is 27.7 Å². The number of carbonyl (C=O) groups excluding carboxylic acids is 1. The minimum atomic E-state index is -0.0619. The number of benzene rings is 1. The zero-order valence-corrected chi connectivity index (χ0v) is 16.1. The average Bonchev–Trinajstić information content (AvgIpc) is 2.96. The van der Waals surface area contributed by atoms with Crippen LogP contribution in [0.1, 0.15) is 22.5 Å². The van der Waals surface area contributed by atoms with Crippen molar-refractivity contribution in [3.05, 3.63) is 58.9 Å². The molecule has 0 aliphatic rings. The van der Waals surface area contributed by atoms with Crippen molar-refractivity contribution >= 4 is 23.4 Å². The summed E-state index contributed by atoms with van der Waals surface area (Å²) in [6.45, 7) is 7.94. The fourth-order valence-corrected chi connectivity index (χ4v) is 3.19. The number of thioether (sulfide) groups is 1. The van der Waals surface area contributed by atoms with E-state index < -0.39 is 0 Å². The molecular weight excluding hydrogens is 346 g/mol. The second-order valence-electron chi connectivity index (χ2n) is 6.15. The Hall–Kier alpha value is -2.67. The quantitative estimate of drug-likeness (QED) is 0.697. The molecule has 0 aliphatic carbocycles. The van der Waals surface area contributed by atoms with Crippen molar-refractivity contribution in [1.82, 2.24) is 20.0 Å². The van der Waals surface area contributed by atoms with Crippen LogP contribution in [-0.2, 0) is 4.79 Å². The highest BCUT2D eigenvalue weighted by Gasteiger charge is 2.09. The van der Waals surface area contributed by atoms with Crippen molar-refractivity contribution in [2.24, 2.45) is 0 Å². The van der Waals surface area contributed by atoms with E-state index in [0.717, 1.165) is 28.2 Å². The number of aromatic nitrogens is 4. The minimum absolute atomic E-state index is 0.0619. The highest BCUT2D eigenvalue weighted by Crippen LogP contribution is 2.20. The first-order valence-corrected chi connectivity index (χ1v) is 9.29. The molecule has 0 bridgehead atoms. The van der Waals surface area contributed by atoms with Crippen LogP contribution in [0.3, 0.4) is 0 Å². The lowest BCUT2D eigenvalue weighted by molar-refractivity contribution is -0.113. The van der Waals surface area contributed by atoms with E-state index in [4.69, 9.17) is 0 Å². The van der Waals surface area contributed by atoms with Crippen LogP contribution in [0.25, 0.3) is 5.82 Å². The lowest BCUT2D eigenvalue weighted by Crippen LogP contribution is -2.15. The van der Waals surface area contributed by atoms with E-state index in [2.05, 4.69) is 20.6 Å². The topological polar surface area (TPSA) is 72.7 Å². The van der Waals surface area contributed by atoms with Crippen LogP contribution < -0.4 is 5.32 Å². The molecule has 0 saturated heterocycles. The Morgan fingerprint density at radius 2 is 1.92 bits per heavy atom. The highest BCUT2D eigenvalue weighted by molar-refractivity contribution is 7.99. The predicted octanol–water partition coefficient (Wildman–Crippen LogP) is 3.63. The van der Waals surface area contributed by atoms with Gasteiger partial charge in [0.05, 0.1) is 11.4 Å². The van der Waals surface area contributed by atoms with E-state index in [9.17, 15) is 4.79 Å². The summed E-state index contributed by atoms with van der Waals surface area (Å²) >= 11 is 1.36. The summed E-state index contributed by atoms with van der Waals surface area (Å²) in [7, 11) is 0. The number of aryl methyl sites for hydroxylation is 3. The molecule has 0 aliphatic heterocycles. The van der Waals surface area contributed by atoms with Crippen molar-refractivity contribution in [1.29, 1.82) is 0 Å². The van der Waals surface area contributed by atoms with E-state index >= 15 is 0 Å². The van der Waals surface area contributed by atoms with Crippen LogP contribution in [0.15, 0.2) is 41.4 Å². The summed E-state index contributed by atoms with van der Waals surface area (Å²) < 4.78 is 1.75. The van der Waals surface area contributed by atoms with Gasteiger partial charge in [0.15, 0.2) is 5.82 Å². The normalized spacial score (nSPS) is 10.8. The first kappa shape index (κ1) is 18.1. The van der Waals surface area contributed by atoms with Crippen molar-refractivity contribution in [3.63, 3.8) is 0 Å². The first-order chi connectivity index (χ1) is 12.4. The Bertz CT molecular complexity index is 934. The Morgan fingerprint density at radius 3 is 2.58 bits per heavy atom. The van der Waals surface area contributed by atoms with Gasteiger partial charge in [-0.2, -0.15) is 5.10 Å². The zero-order valence-electron chi connectivity index (χ0n) is 15.3. The lowest BCUT2D eigenvalue weighted by Gasteiger charge is -2.10. The number of carbonyl (C=O) groups is 1. The molecule has 2 heterocycles. The Balaban J connectivity index is 1.60. The van der Waals surface area contributed by atoms with E-state index in [1.165, 1.54) is 11.8 Å². The maximum atomic E-state index is 12.2. The van der Waals surface area contributed by atoms with E-state index in [1.54, 1.807) is 4.68 Å². The number of rotatable bonds is 5.